The van der Waals surface area contributed by atoms with Crippen LogP contribution in [0.4, 0.5) is 5.82 Å². The van der Waals surface area contributed by atoms with Gasteiger partial charge in [0.1, 0.15) is 10.7 Å². The molecular weight excluding hydrogens is 493 g/mol. The van der Waals surface area contributed by atoms with Gasteiger partial charge in [0.2, 0.25) is 10.0 Å². The van der Waals surface area contributed by atoms with E-state index >= 15 is 0 Å². The summed E-state index contributed by atoms with van der Waals surface area (Å²) in [6.45, 7) is 3.98. The molecule has 2 aromatic carbocycles. The molecule has 0 spiro atoms. The second-order valence-corrected chi connectivity index (χ2v) is 11.4. The van der Waals surface area contributed by atoms with Gasteiger partial charge in [-0.2, -0.15) is 4.31 Å². The van der Waals surface area contributed by atoms with E-state index in [0.29, 0.717) is 23.8 Å². The highest BCUT2D eigenvalue weighted by Crippen LogP contribution is 2.34. The van der Waals surface area contributed by atoms with Crippen molar-refractivity contribution >= 4 is 39.0 Å². The molecule has 1 aromatic heterocycles. The summed E-state index contributed by atoms with van der Waals surface area (Å²) in [5.41, 5.74) is 2.70. The van der Waals surface area contributed by atoms with Crippen LogP contribution in [-0.4, -0.2) is 67.4 Å². The van der Waals surface area contributed by atoms with Crippen LogP contribution in [0.1, 0.15) is 11.3 Å². The van der Waals surface area contributed by atoms with Crippen LogP contribution < -0.4 is 4.90 Å². The molecule has 3 aromatic rings. The number of fused-ring (bicyclic) bond motifs is 1. The van der Waals surface area contributed by atoms with Crippen LogP contribution >= 0.6 is 23.2 Å². The Kier molecular flexibility index (Phi) is 6.52. The van der Waals surface area contributed by atoms with Gasteiger partial charge >= 0.3 is 0 Å². The lowest BCUT2D eigenvalue weighted by Crippen LogP contribution is -2.46. The van der Waals surface area contributed by atoms with Gasteiger partial charge in [-0.15, -0.1) is 0 Å². The molecule has 0 saturated carbocycles. The zero-order valence-corrected chi connectivity index (χ0v) is 21.1. The standard InChI is InChI=1S/C24H25Cl2N5O2S/c1-29-11-13-30(14-12-29)24-19-16-31(34(32,33)22-15-18(25)7-8-20(22)26)10-9-21(19)27-23(28-24)17-5-3-2-4-6-17/h2-8,15H,9-14,16H2,1H3. The Bertz CT molecular complexity index is 1310. The molecule has 1 fully saturated rings. The quantitative estimate of drug-likeness (QED) is 0.521. The van der Waals surface area contributed by atoms with Crippen LogP contribution in [0.3, 0.4) is 0 Å². The average molecular weight is 518 g/mol. The maximum Gasteiger partial charge on any atom is 0.244 e. The second-order valence-electron chi connectivity index (χ2n) is 8.62. The van der Waals surface area contributed by atoms with E-state index in [1.54, 1.807) is 6.07 Å². The molecule has 5 rings (SSSR count). The average Bonchev–Trinajstić information content (AvgIpc) is 2.85. The summed E-state index contributed by atoms with van der Waals surface area (Å²) >= 11 is 12.3. The highest BCUT2D eigenvalue weighted by molar-refractivity contribution is 7.89. The summed E-state index contributed by atoms with van der Waals surface area (Å²) in [6.07, 6.45) is 0.496. The van der Waals surface area contributed by atoms with Crippen molar-refractivity contribution in [3.63, 3.8) is 0 Å². The van der Waals surface area contributed by atoms with Crippen molar-refractivity contribution in [2.45, 2.75) is 17.9 Å². The van der Waals surface area contributed by atoms with E-state index in [2.05, 4.69) is 16.8 Å². The smallest absolute Gasteiger partial charge is 0.244 e. The van der Waals surface area contributed by atoms with Gasteiger partial charge in [0.05, 0.1) is 10.7 Å². The van der Waals surface area contributed by atoms with Crippen LogP contribution in [0.15, 0.2) is 53.4 Å². The normalized spacial score (nSPS) is 17.6. The summed E-state index contributed by atoms with van der Waals surface area (Å²) in [6, 6.07) is 14.4. The van der Waals surface area contributed by atoms with Gasteiger partial charge in [-0.05, 0) is 25.2 Å². The van der Waals surface area contributed by atoms with Crippen molar-refractivity contribution in [2.24, 2.45) is 0 Å². The van der Waals surface area contributed by atoms with Crippen LogP contribution in [0.5, 0.6) is 0 Å². The van der Waals surface area contributed by atoms with Crippen molar-refractivity contribution in [3.8, 4) is 11.4 Å². The Balaban J connectivity index is 1.56. The van der Waals surface area contributed by atoms with E-state index in [-0.39, 0.29) is 16.5 Å². The fourth-order valence-electron chi connectivity index (χ4n) is 4.39. The maximum atomic E-state index is 13.5. The third kappa shape index (κ3) is 4.53. The Hall–Kier alpha value is -2.23. The molecule has 10 heteroatoms. The Morgan fingerprint density at radius 1 is 0.912 bits per heavy atom. The maximum absolute atomic E-state index is 13.5. The number of piperazine rings is 1. The summed E-state index contributed by atoms with van der Waals surface area (Å²) in [5.74, 6) is 1.48. The number of hydrogen-bond acceptors (Lipinski definition) is 6. The third-order valence-electron chi connectivity index (χ3n) is 6.35. The van der Waals surface area contributed by atoms with Gasteiger partial charge in [-0.3, -0.25) is 0 Å². The van der Waals surface area contributed by atoms with Crippen LogP contribution in [-0.2, 0) is 23.0 Å². The fourth-order valence-corrected chi connectivity index (χ4v) is 6.53. The highest BCUT2D eigenvalue weighted by atomic mass is 35.5. The van der Waals surface area contributed by atoms with Gasteiger partial charge in [-0.1, -0.05) is 53.5 Å². The van der Waals surface area contributed by atoms with Crippen LogP contribution in [0.2, 0.25) is 10.0 Å². The molecule has 0 radical (unpaired) electrons. The first-order valence-electron chi connectivity index (χ1n) is 11.2. The largest absolute Gasteiger partial charge is 0.354 e. The van der Waals surface area contributed by atoms with Gasteiger partial charge in [0, 0.05) is 61.8 Å². The van der Waals surface area contributed by atoms with Crippen molar-refractivity contribution in [3.05, 3.63) is 69.8 Å². The number of nitrogens with zero attached hydrogens (tertiary/aromatic N) is 5. The van der Waals surface area contributed by atoms with E-state index in [1.165, 1.54) is 16.4 Å². The first-order valence-corrected chi connectivity index (χ1v) is 13.4. The molecule has 3 heterocycles. The zero-order valence-electron chi connectivity index (χ0n) is 18.8. The van der Waals surface area contributed by atoms with Gasteiger partial charge in [-0.25, -0.2) is 18.4 Å². The molecule has 1 saturated heterocycles. The van der Waals surface area contributed by atoms with Crippen LogP contribution in [0.25, 0.3) is 11.4 Å². The Morgan fingerprint density at radius 3 is 2.38 bits per heavy atom. The minimum atomic E-state index is -3.84. The van der Waals surface area contributed by atoms with Gasteiger partial charge in [0.25, 0.3) is 0 Å². The molecule has 0 atom stereocenters. The van der Waals surface area contributed by atoms with E-state index < -0.39 is 10.0 Å². The number of halogens is 2. The first kappa shape index (κ1) is 23.5. The number of rotatable bonds is 4. The molecule has 0 N–H and O–H groups in total. The lowest BCUT2D eigenvalue weighted by Gasteiger charge is -2.36. The van der Waals surface area contributed by atoms with Gasteiger partial charge in [0.15, 0.2) is 5.82 Å². The van der Waals surface area contributed by atoms with Crippen molar-refractivity contribution < 1.29 is 8.42 Å². The van der Waals surface area contributed by atoms with Crippen LogP contribution in [0, 0.1) is 0 Å². The lowest BCUT2D eigenvalue weighted by atomic mass is 10.1. The van der Waals surface area contributed by atoms with Crippen molar-refractivity contribution in [2.75, 3.05) is 44.7 Å². The Labute approximate surface area is 210 Å². The molecular formula is C24H25Cl2N5O2S. The van der Waals surface area contributed by atoms with E-state index in [4.69, 9.17) is 33.2 Å². The summed E-state index contributed by atoms with van der Waals surface area (Å²) < 4.78 is 28.5. The SMILES string of the molecule is CN1CCN(c2nc(-c3ccccc3)nc3c2CN(S(=O)(=O)c2cc(Cl)ccc2Cl)CC3)CC1. The topological polar surface area (TPSA) is 69.6 Å². The Morgan fingerprint density at radius 2 is 1.65 bits per heavy atom. The summed E-state index contributed by atoms with van der Waals surface area (Å²) in [4.78, 5) is 14.4. The predicted octanol–water partition coefficient (Wildman–Crippen LogP) is 3.95. The number of likely N-dealkylation sites (N-methyl/N-ethyl adjacent to an activating group) is 1. The molecule has 0 amide bonds. The monoisotopic (exact) mass is 517 g/mol. The van der Waals surface area contributed by atoms with Crippen molar-refractivity contribution in [1.29, 1.82) is 0 Å². The number of hydrogen-bond donors (Lipinski definition) is 0. The number of benzene rings is 2. The highest BCUT2D eigenvalue weighted by Gasteiger charge is 2.34. The number of aromatic nitrogens is 2. The molecule has 0 unspecified atom stereocenters. The molecule has 0 aliphatic carbocycles. The van der Waals surface area contributed by atoms with E-state index in [9.17, 15) is 8.42 Å². The fraction of sp³-hybridized carbons (Fsp3) is 0.333. The summed E-state index contributed by atoms with van der Waals surface area (Å²) in [7, 11) is -1.74. The number of sulfonamides is 1. The molecule has 34 heavy (non-hydrogen) atoms. The van der Waals surface area contributed by atoms with Gasteiger partial charge < -0.3 is 9.80 Å². The second kappa shape index (κ2) is 9.43. The molecule has 0 bridgehead atoms. The zero-order chi connectivity index (χ0) is 23.9. The lowest BCUT2D eigenvalue weighted by molar-refractivity contribution is 0.310. The predicted molar refractivity (Wildman–Crippen MR) is 135 cm³/mol. The number of anilines is 1. The van der Waals surface area contributed by atoms with Crippen molar-refractivity contribution in [1.82, 2.24) is 19.2 Å². The molecule has 7 nitrogen and oxygen atoms in total. The molecule has 2 aliphatic heterocycles. The van der Waals surface area contributed by atoms with E-state index in [0.717, 1.165) is 48.8 Å². The third-order valence-corrected chi connectivity index (χ3v) is 8.91. The molecule has 178 valence electrons. The first-order chi connectivity index (χ1) is 16.3. The summed E-state index contributed by atoms with van der Waals surface area (Å²) in [5, 5.41) is 0.486. The molecule has 2 aliphatic rings. The minimum Gasteiger partial charge on any atom is -0.354 e. The van der Waals surface area contributed by atoms with E-state index in [1.807, 2.05) is 30.3 Å². The minimum absolute atomic E-state index is 0.0214.